The number of aromatic nitrogens is 3. The van der Waals surface area contributed by atoms with Crippen LogP contribution in [0.4, 0.5) is 0 Å². The predicted molar refractivity (Wildman–Crippen MR) is 46.9 cm³/mol. The normalized spacial score (nSPS) is 22.4. The van der Waals surface area contributed by atoms with Gasteiger partial charge in [-0.25, -0.2) is 0 Å². The van der Waals surface area contributed by atoms with Crippen LogP contribution in [-0.2, 0) is 13.2 Å². The van der Waals surface area contributed by atoms with Crippen molar-refractivity contribution in [1.82, 2.24) is 20.3 Å². The van der Waals surface area contributed by atoms with E-state index in [2.05, 4.69) is 15.6 Å². The third-order valence-corrected chi connectivity index (χ3v) is 2.36. The van der Waals surface area contributed by atoms with Gasteiger partial charge in [-0.15, -0.1) is 5.10 Å². The summed E-state index contributed by atoms with van der Waals surface area (Å²) in [5.74, 6) is 0.660. The Morgan fingerprint density at radius 1 is 1.69 bits per heavy atom. The van der Waals surface area contributed by atoms with E-state index in [1.54, 1.807) is 6.20 Å². The molecule has 1 aliphatic rings. The summed E-state index contributed by atoms with van der Waals surface area (Å²) < 4.78 is 1.81. The largest absolute Gasteiger partial charge is 0.390 e. The van der Waals surface area contributed by atoms with Crippen LogP contribution in [0.15, 0.2) is 6.20 Å². The van der Waals surface area contributed by atoms with Gasteiger partial charge in [0.25, 0.3) is 0 Å². The Morgan fingerprint density at radius 2 is 2.62 bits per heavy atom. The summed E-state index contributed by atoms with van der Waals surface area (Å²) in [6.45, 7) is 3.05. The summed E-state index contributed by atoms with van der Waals surface area (Å²) in [6.07, 6.45) is 3.01. The summed E-state index contributed by atoms with van der Waals surface area (Å²) in [5, 5.41) is 19.8. The molecule has 1 atom stereocenters. The van der Waals surface area contributed by atoms with Crippen LogP contribution in [0, 0.1) is 5.92 Å². The number of nitrogens with one attached hydrogen (secondary N) is 1. The molecule has 0 unspecified atom stereocenters. The van der Waals surface area contributed by atoms with Gasteiger partial charge in [0.1, 0.15) is 5.69 Å². The molecule has 5 nitrogen and oxygen atoms in total. The third kappa shape index (κ3) is 2.05. The van der Waals surface area contributed by atoms with Crippen molar-refractivity contribution in [2.75, 3.05) is 13.1 Å². The number of aliphatic hydroxyl groups excluding tert-OH is 1. The molecule has 1 fully saturated rings. The average Bonchev–Trinajstić information content (AvgIpc) is 2.76. The summed E-state index contributed by atoms with van der Waals surface area (Å²) in [6, 6.07) is 0. The molecule has 0 aromatic carbocycles. The predicted octanol–water partition coefficient (Wildman–Crippen LogP) is -0.620. The van der Waals surface area contributed by atoms with Crippen molar-refractivity contribution in [2.45, 2.75) is 19.6 Å². The minimum absolute atomic E-state index is 0.0249. The maximum Gasteiger partial charge on any atom is 0.108 e. The van der Waals surface area contributed by atoms with Crippen LogP contribution >= 0.6 is 0 Å². The Morgan fingerprint density at radius 3 is 3.23 bits per heavy atom. The molecule has 2 N–H and O–H groups in total. The van der Waals surface area contributed by atoms with E-state index < -0.39 is 0 Å². The lowest BCUT2D eigenvalue weighted by Crippen LogP contribution is -2.14. The van der Waals surface area contributed by atoms with E-state index in [1.165, 1.54) is 6.42 Å². The Labute approximate surface area is 76.8 Å². The first-order valence-corrected chi connectivity index (χ1v) is 4.59. The lowest BCUT2D eigenvalue weighted by molar-refractivity contribution is 0.276. The molecule has 1 aliphatic heterocycles. The zero-order valence-corrected chi connectivity index (χ0v) is 7.48. The fraction of sp³-hybridized carbons (Fsp3) is 0.750. The van der Waals surface area contributed by atoms with Gasteiger partial charge >= 0.3 is 0 Å². The quantitative estimate of drug-likeness (QED) is 0.654. The molecule has 0 bridgehead atoms. The molecule has 72 valence electrons. The van der Waals surface area contributed by atoms with Crippen LogP contribution < -0.4 is 5.32 Å². The molecule has 1 saturated heterocycles. The number of nitrogens with zero attached hydrogens (tertiary/aromatic N) is 3. The van der Waals surface area contributed by atoms with E-state index >= 15 is 0 Å². The van der Waals surface area contributed by atoms with Crippen molar-refractivity contribution in [1.29, 1.82) is 0 Å². The topological polar surface area (TPSA) is 63.0 Å². The molecule has 5 heteroatoms. The highest BCUT2D eigenvalue weighted by atomic mass is 16.3. The summed E-state index contributed by atoms with van der Waals surface area (Å²) in [4.78, 5) is 0. The van der Waals surface area contributed by atoms with Gasteiger partial charge in [0.15, 0.2) is 0 Å². The summed E-state index contributed by atoms with van der Waals surface area (Å²) in [5.41, 5.74) is 0.644. The van der Waals surface area contributed by atoms with E-state index in [-0.39, 0.29) is 6.61 Å². The molecule has 0 aliphatic carbocycles. The van der Waals surface area contributed by atoms with Crippen LogP contribution in [0.1, 0.15) is 12.1 Å². The fourth-order valence-corrected chi connectivity index (χ4v) is 1.64. The van der Waals surface area contributed by atoms with E-state index in [0.717, 1.165) is 19.6 Å². The number of hydrogen-bond acceptors (Lipinski definition) is 4. The molecule has 0 saturated carbocycles. The third-order valence-electron chi connectivity index (χ3n) is 2.36. The van der Waals surface area contributed by atoms with Gasteiger partial charge in [0, 0.05) is 6.54 Å². The second kappa shape index (κ2) is 3.85. The van der Waals surface area contributed by atoms with Crippen LogP contribution in [0.5, 0.6) is 0 Å². The smallest absolute Gasteiger partial charge is 0.108 e. The highest BCUT2D eigenvalue weighted by Gasteiger charge is 2.15. The monoisotopic (exact) mass is 182 g/mol. The van der Waals surface area contributed by atoms with Crippen LogP contribution in [-0.4, -0.2) is 33.2 Å². The Kier molecular flexibility index (Phi) is 2.56. The second-order valence-electron chi connectivity index (χ2n) is 3.45. The maximum absolute atomic E-state index is 8.78. The molecule has 0 radical (unpaired) electrons. The van der Waals surface area contributed by atoms with Gasteiger partial charge in [0.05, 0.1) is 12.8 Å². The van der Waals surface area contributed by atoms with Gasteiger partial charge in [0.2, 0.25) is 0 Å². The first-order chi connectivity index (χ1) is 6.38. The van der Waals surface area contributed by atoms with Crippen molar-refractivity contribution in [3.8, 4) is 0 Å². The van der Waals surface area contributed by atoms with Gasteiger partial charge in [-0.05, 0) is 25.4 Å². The van der Waals surface area contributed by atoms with Crippen LogP contribution in [0.3, 0.4) is 0 Å². The van der Waals surface area contributed by atoms with E-state index in [9.17, 15) is 0 Å². The minimum atomic E-state index is -0.0249. The van der Waals surface area contributed by atoms with Gasteiger partial charge in [-0.3, -0.25) is 4.68 Å². The maximum atomic E-state index is 8.78. The zero-order chi connectivity index (χ0) is 9.10. The molecular formula is C8H14N4O. The Hall–Kier alpha value is -0.940. The minimum Gasteiger partial charge on any atom is -0.390 e. The number of hydrogen-bond donors (Lipinski definition) is 2. The first kappa shape index (κ1) is 8.65. The van der Waals surface area contributed by atoms with Crippen molar-refractivity contribution < 1.29 is 5.11 Å². The highest BCUT2D eigenvalue weighted by molar-refractivity contribution is 4.89. The lowest BCUT2D eigenvalue weighted by Gasteiger charge is -2.06. The molecule has 2 rings (SSSR count). The molecular weight excluding hydrogens is 168 g/mol. The van der Waals surface area contributed by atoms with Crippen LogP contribution in [0.2, 0.25) is 0 Å². The molecule has 2 heterocycles. The first-order valence-electron chi connectivity index (χ1n) is 4.59. The van der Waals surface area contributed by atoms with Crippen molar-refractivity contribution >= 4 is 0 Å². The zero-order valence-electron chi connectivity index (χ0n) is 7.48. The SMILES string of the molecule is OCc1cn(C[C@H]2CCNC2)nn1. The van der Waals surface area contributed by atoms with Gasteiger partial charge < -0.3 is 10.4 Å². The van der Waals surface area contributed by atoms with E-state index in [1.807, 2.05) is 4.68 Å². The van der Waals surface area contributed by atoms with Gasteiger partial charge in [-0.2, -0.15) is 0 Å². The lowest BCUT2D eigenvalue weighted by atomic mass is 10.1. The second-order valence-corrected chi connectivity index (χ2v) is 3.45. The number of aliphatic hydroxyl groups is 1. The average molecular weight is 182 g/mol. The Bertz CT molecular complexity index is 267. The van der Waals surface area contributed by atoms with Crippen molar-refractivity contribution in [3.63, 3.8) is 0 Å². The molecule has 13 heavy (non-hydrogen) atoms. The van der Waals surface area contributed by atoms with Crippen molar-refractivity contribution in [3.05, 3.63) is 11.9 Å². The van der Waals surface area contributed by atoms with Crippen molar-refractivity contribution in [2.24, 2.45) is 5.92 Å². The molecule has 0 amide bonds. The van der Waals surface area contributed by atoms with Gasteiger partial charge in [-0.1, -0.05) is 5.21 Å². The number of rotatable bonds is 3. The standard InChI is InChI=1S/C8H14N4O/c13-6-8-5-12(11-10-8)4-7-1-2-9-3-7/h5,7,9,13H,1-4,6H2/t7-/m0/s1. The molecule has 1 aromatic rings. The molecule has 0 spiro atoms. The summed E-state index contributed by atoms with van der Waals surface area (Å²) >= 11 is 0. The van der Waals surface area contributed by atoms with Crippen LogP contribution in [0.25, 0.3) is 0 Å². The fourth-order valence-electron chi connectivity index (χ4n) is 1.64. The highest BCUT2D eigenvalue weighted by Crippen LogP contribution is 2.09. The summed E-state index contributed by atoms with van der Waals surface area (Å²) in [7, 11) is 0. The molecule has 1 aromatic heterocycles. The van der Waals surface area contributed by atoms with E-state index in [0.29, 0.717) is 11.6 Å². The van der Waals surface area contributed by atoms with E-state index in [4.69, 9.17) is 5.11 Å². The Balaban J connectivity index is 1.92.